The number of ether oxygens (including phenoxy) is 2. The molecule has 1 aromatic rings. The Hall–Kier alpha value is -1.83. The maximum Gasteiger partial charge on any atom is 0.393 e. The van der Waals surface area contributed by atoms with Gasteiger partial charge in [0.1, 0.15) is 5.82 Å². The van der Waals surface area contributed by atoms with Gasteiger partial charge in [-0.05, 0) is 37.8 Å². The minimum absolute atomic E-state index is 0.128. The van der Waals surface area contributed by atoms with E-state index in [-0.39, 0.29) is 19.6 Å². The molecule has 1 fully saturated rings. The average Bonchev–Trinajstić information content (AvgIpc) is 2.86. The van der Waals surface area contributed by atoms with Gasteiger partial charge in [-0.15, -0.1) is 0 Å². The first kappa shape index (κ1) is 18.9. The van der Waals surface area contributed by atoms with E-state index in [4.69, 9.17) is 9.47 Å². The van der Waals surface area contributed by atoms with Gasteiger partial charge in [0.15, 0.2) is 0 Å². The van der Waals surface area contributed by atoms with Crippen molar-refractivity contribution in [2.24, 2.45) is 5.92 Å². The monoisotopic (exact) mass is 372 g/mol. The number of alkyl halides is 3. The van der Waals surface area contributed by atoms with E-state index < -0.39 is 18.1 Å². The van der Waals surface area contributed by atoms with Crippen LogP contribution in [0, 0.1) is 5.92 Å². The first-order valence-electron chi connectivity index (χ1n) is 8.99. The summed E-state index contributed by atoms with van der Waals surface area (Å²) in [6, 6.07) is 1.58. The Balaban J connectivity index is 1.95. The molecule has 3 rings (SSSR count). The third kappa shape index (κ3) is 4.11. The quantitative estimate of drug-likeness (QED) is 0.763. The summed E-state index contributed by atoms with van der Waals surface area (Å²) < 4.78 is 50.0. The summed E-state index contributed by atoms with van der Waals surface area (Å²) in [7, 11) is 0. The molecule has 0 amide bonds. The lowest BCUT2D eigenvalue weighted by atomic mass is 9.96. The van der Waals surface area contributed by atoms with Crippen molar-refractivity contribution in [1.29, 1.82) is 0 Å². The predicted molar refractivity (Wildman–Crippen MR) is 89.4 cm³/mol. The van der Waals surface area contributed by atoms with E-state index in [0.717, 1.165) is 11.3 Å². The zero-order chi connectivity index (χ0) is 18.7. The Morgan fingerprint density at radius 2 is 2.15 bits per heavy atom. The molecule has 1 aromatic heterocycles. The van der Waals surface area contributed by atoms with Gasteiger partial charge in [-0.3, -0.25) is 0 Å². The lowest BCUT2D eigenvalue weighted by Gasteiger charge is -2.35. The zero-order valence-electron chi connectivity index (χ0n) is 14.8. The molecule has 0 aliphatic carbocycles. The Kier molecular flexibility index (Phi) is 5.70. The maximum absolute atomic E-state index is 13.1. The van der Waals surface area contributed by atoms with Crippen molar-refractivity contribution < 1.29 is 27.4 Å². The number of pyridine rings is 1. The molecule has 1 unspecified atom stereocenters. The molecule has 1 atom stereocenters. The molecule has 2 aliphatic heterocycles. The first-order chi connectivity index (χ1) is 12.4. The average molecular weight is 372 g/mol. The van der Waals surface area contributed by atoms with Crippen LogP contribution in [0.15, 0.2) is 6.07 Å². The molecular formula is C18H23F3N2O3. The van der Waals surface area contributed by atoms with Crippen LogP contribution in [0.4, 0.5) is 19.0 Å². The second kappa shape index (κ2) is 7.82. The third-order valence-corrected chi connectivity index (χ3v) is 4.88. The number of hydrogen-bond acceptors (Lipinski definition) is 5. The number of rotatable bonds is 3. The molecule has 1 saturated heterocycles. The van der Waals surface area contributed by atoms with E-state index in [1.54, 1.807) is 17.9 Å². The minimum Gasteiger partial charge on any atom is -0.462 e. The third-order valence-electron chi connectivity index (χ3n) is 4.88. The van der Waals surface area contributed by atoms with Gasteiger partial charge in [-0.2, -0.15) is 13.2 Å². The molecular weight excluding hydrogens is 349 g/mol. The molecule has 144 valence electrons. The number of anilines is 1. The van der Waals surface area contributed by atoms with E-state index in [0.29, 0.717) is 50.4 Å². The van der Waals surface area contributed by atoms with Gasteiger partial charge in [0.05, 0.1) is 31.3 Å². The van der Waals surface area contributed by atoms with Gasteiger partial charge in [0, 0.05) is 25.2 Å². The number of halogens is 3. The number of aromatic nitrogens is 1. The number of fused-ring (bicyclic) bond motifs is 1. The maximum atomic E-state index is 13.1. The molecule has 0 aromatic carbocycles. The van der Waals surface area contributed by atoms with Crippen molar-refractivity contribution in [1.82, 2.24) is 4.98 Å². The van der Waals surface area contributed by atoms with Crippen LogP contribution in [0.25, 0.3) is 0 Å². The molecule has 0 bridgehead atoms. The van der Waals surface area contributed by atoms with Crippen molar-refractivity contribution >= 4 is 11.8 Å². The van der Waals surface area contributed by atoms with Gasteiger partial charge < -0.3 is 14.4 Å². The van der Waals surface area contributed by atoms with E-state index in [1.165, 1.54) is 0 Å². The second-order valence-corrected chi connectivity index (χ2v) is 6.61. The Morgan fingerprint density at radius 1 is 1.38 bits per heavy atom. The van der Waals surface area contributed by atoms with Crippen molar-refractivity contribution in [3.63, 3.8) is 0 Å². The van der Waals surface area contributed by atoms with E-state index in [9.17, 15) is 18.0 Å². The summed E-state index contributed by atoms with van der Waals surface area (Å²) in [5.74, 6) is -1.41. The predicted octanol–water partition coefficient (Wildman–Crippen LogP) is 3.15. The highest BCUT2D eigenvalue weighted by atomic mass is 19.4. The molecule has 26 heavy (non-hydrogen) atoms. The first-order valence-corrected chi connectivity index (χ1v) is 8.99. The second-order valence-electron chi connectivity index (χ2n) is 6.61. The largest absolute Gasteiger partial charge is 0.462 e. The van der Waals surface area contributed by atoms with Gasteiger partial charge in [-0.25, -0.2) is 9.78 Å². The van der Waals surface area contributed by atoms with Gasteiger partial charge >= 0.3 is 12.1 Å². The highest BCUT2D eigenvalue weighted by Gasteiger charge is 2.42. The summed E-state index contributed by atoms with van der Waals surface area (Å²) in [6.07, 6.45) is -2.57. The zero-order valence-corrected chi connectivity index (χ0v) is 14.8. The van der Waals surface area contributed by atoms with E-state index in [1.807, 2.05) is 0 Å². The summed E-state index contributed by atoms with van der Waals surface area (Å²) in [5.41, 5.74) is 1.90. The standard InChI is InChI=1S/C18H23F3N2O3/c1-2-26-17(24)14-10-16(22-15-6-9-25-8-5-13(14)15)23-7-3-4-12(11-23)18(19,20)21/h10,12H,2-9,11H2,1H3. The summed E-state index contributed by atoms with van der Waals surface area (Å²) in [6.45, 7) is 3.30. The molecule has 0 saturated carbocycles. The van der Waals surface area contributed by atoms with Crippen LogP contribution < -0.4 is 4.90 Å². The fraction of sp³-hybridized carbons (Fsp3) is 0.667. The highest BCUT2D eigenvalue weighted by Crippen LogP contribution is 2.35. The number of hydrogen-bond donors (Lipinski definition) is 0. The van der Waals surface area contributed by atoms with E-state index in [2.05, 4.69) is 4.98 Å². The lowest BCUT2D eigenvalue weighted by Crippen LogP contribution is -2.42. The number of carbonyl (C=O) groups excluding carboxylic acids is 1. The molecule has 0 spiro atoms. The normalized spacial score (nSPS) is 21.1. The van der Waals surface area contributed by atoms with Crippen LogP contribution in [0.1, 0.15) is 41.4 Å². The van der Waals surface area contributed by atoms with Crippen molar-refractivity contribution in [3.8, 4) is 0 Å². The number of nitrogens with zero attached hydrogens (tertiary/aromatic N) is 2. The Bertz CT molecular complexity index is 664. The van der Waals surface area contributed by atoms with Crippen LogP contribution in [0.5, 0.6) is 0 Å². The molecule has 0 radical (unpaired) electrons. The highest BCUT2D eigenvalue weighted by molar-refractivity contribution is 5.92. The topological polar surface area (TPSA) is 51.7 Å². The summed E-state index contributed by atoms with van der Waals surface area (Å²) in [5, 5.41) is 0. The fourth-order valence-corrected chi connectivity index (χ4v) is 3.55. The van der Waals surface area contributed by atoms with Crippen molar-refractivity contribution in [3.05, 3.63) is 22.9 Å². The van der Waals surface area contributed by atoms with Crippen molar-refractivity contribution in [2.75, 3.05) is 37.8 Å². The fourth-order valence-electron chi connectivity index (χ4n) is 3.55. The summed E-state index contributed by atoms with van der Waals surface area (Å²) in [4.78, 5) is 18.6. The van der Waals surface area contributed by atoms with Crippen LogP contribution in [0.3, 0.4) is 0 Å². The van der Waals surface area contributed by atoms with Crippen LogP contribution >= 0.6 is 0 Å². The van der Waals surface area contributed by atoms with Gasteiger partial charge in [0.2, 0.25) is 0 Å². The molecule has 8 heteroatoms. The van der Waals surface area contributed by atoms with E-state index >= 15 is 0 Å². The summed E-state index contributed by atoms with van der Waals surface area (Å²) >= 11 is 0. The molecule has 0 N–H and O–H groups in total. The lowest BCUT2D eigenvalue weighted by molar-refractivity contribution is -0.176. The Morgan fingerprint density at radius 3 is 2.88 bits per heavy atom. The van der Waals surface area contributed by atoms with Crippen LogP contribution in [-0.4, -0.2) is 50.0 Å². The van der Waals surface area contributed by atoms with Gasteiger partial charge in [0.25, 0.3) is 0 Å². The molecule has 5 nitrogen and oxygen atoms in total. The minimum atomic E-state index is -4.22. The SMILES string of the molecule is CCOC(=O)c1cc(N2CCCC(C(F)(F)F)C2)nc2c1CCOCC2. The number of piperidine rings is 1. The van der Waals surface area contributed by atoms with Crippen LogP contribution in [0.2, 0.25) is 0 Å². The smallest absolute Gasteiger partial charge is 0.393 e. The molecule has 2 aliphatic rings. The van der Waals surface area contributed by atoms with Crippen molar-refractivity contribution in [2.45, 2.75) is 38.8 Å². The number of carbonyl (C=O) groups is 1. The Labute approximate surface area is 150 Å². The number of esters is 1. The van der Waals surface area contributed by atoms with Gasteiger partial charge in [-0.1, -0.05) is 0 Å². The molecule has 3 heterocycles. The van der Waals surface area contributed by atoms with Crippen LogP contribution in [-0.2, 0) is 22.3 Å².